The number of carbonyl (C=O) groups excluding carboxylic acids is 1. The lowest BCUT2D eigenvalue weighted by atomic mass is 10.2. The third-order valence-electron chi connectivity index (χ3n) is 4.08. The quantitative estimate of drug-likeness (QED) is 0.757. The topological polar surface area (TPSA) is 32.8 Å². The number of aryl methyl sites for hydroxylation is 1. The SMILES string of the molecule is C=CCN1CCN(C(=O)C(CC)Oc2ccccc2C)CC1. The lowest BCUT2D eigenvalue weighted by molar-refractivity contribution is -0.140. The van der Waals surface area contributed by atoms with Gasteiger partial charge >= 0.3 is 0 Å². The molecule has 0 N–H and O–H groups in total. The zero-order chi connectivity index (χ0) is 15.9. The van der Waals surface area contributed by atoms with Crippen LogP contribution in [0.2, 0.25) is 0 Å². The van der Waals surface area contributed by atoms with E-state index in [1.807, 2.05) is 49.1 Å². The molecule has 0 radical (unpaired) electrons. The molecule has 0 aromatic heterocycles. The summed E-state index contributed by atoms with van der Waals surface area (Å²) >= 11 is 0. The minimum Gasteiger partial charge on any atom is -0.480 e. The van der Waals surface area contributed by atoms with Crippen molar-refractivity contribution in [3.8, 4) is 5.75 Å². The Morgan fingerprint density at radius 2 is 2.00 bits per heavy atom. The van der Waals surface area contributed by atoms with Crippen molar-refractivity contribution in [3.05, 3.63) is 42.5 Å². The highest BCUT2D eigenvalue weighted by atomic mass is 16.5. The molecule has 1 aliphatic heterocycles. The third kappa shape index (κ3) is 4.10. The van der Waals surface area contributed by atoms with Crippen LogP contribution in [-0.2, 0) is 4.79 Å². The Hall–Kier alpha value is -1.81. The highest BCUT2D eigenvalue weighted by Crippen LogP contribution is 2.20. The second-order valence-electron chi connectivity index (χ2n) is 5.69. The summed E-state index contributed by atoms with van der Waals surface area (Å²) in [5.74, 6) is 0.900. The molecule has 1 fully saturated rings. The van der Waals surface area contributed by atoms with Crippen molar-refractivity contribution in [2.75, 3.05) is 32.7 Å². The molecule has 4 heteroatoms. The van der Waals surface area contributed by atoms with Crippen LogP contribution in [0.3, 0.4) is 0 Å². The molecule has 1 aromatic rings. The molecule has 0 saturated carbocycles. The van der Waals surface area contributed by atoms with Gasteiger partial charge in [0.25, 0.3) is 5.91 Å². The summed E-state index contributed by atoms with van der Waals surface area (Å²) in [6.07, 6.45) is 2.19. The van der Waals surface area contributed by atoms with Crippen LogP contribution >= 0.6 is 0 Å². The first-order chi connectivity index (χ1) is 10.7. The maximum atomic E-state index is 12.7. The lowest BCUT2D eigenvalue weighted by Gasteiger charge is -2.35. The lowest BCUT2D eigenvalue weighted by Crippen LogP contribution is -2.52. The van der Waals surface area contributed by atoms with Gasteiger partial charge in [0, 0.05) is 32.7 Å². The first-order valence-electron chi connectivity index (χ1n) is 8.00. The van der Waals surface area contributed by atoms with E-state index in [9.17, 15) is 4.79 Å². The van der Waals surface area contributed by atoms with Crippen molar-refractivity contribution >= 4 is 5.91 Å². The smallest absolute Gasteiger partial charge is 0.263 e. The van der Waals surface area contributed by atoms with Crippen molar-refractivity contribution in [2.45, 2.75) is 26.4 Å². The van der Waals surface area contributed by atoms with Crippen molar-refractivity contribution in [1.29, 1.82) is 0 Å². The molecule has 22 heavy (non-hydrogen) atoms. The molecule has 1 atom stereocenters. The maximum Gasteiger partial charge on any atom is 0.263 e. The minimum absolute atomic E-state index is 0.101. The molecule has 1 unspecified atom stereocenters. The van der Waals surface area contributed by atoms with E-state index in [0.717, 1.165) is 44.0 Å². The molecule has 0 bridgehead atoms. The number of ether oxygens (including phenoxy) is 1. The van der Waals surface area contributed by atoms with Crippen LogP contribution in [0, 0.1) is 6.92 Å². The van der Waals surface area contributed by atoms with Gasteiger partial charge in [0.05, 0.1) is 0 Å². The summed E-state index contributed by atoms with van der Waals surface area (Å²) in [5, 5.41) is 0. The monoisotopic (exact) mass is 302 g/mol. The fraction of sp³-hybridized carbons (Fsp3) is 0.500. The molecular formula is C18H26N2O2. The van der Waals surface area contributed by atoms with E-state index in [-0.39, 0.29) is 5.91 Å². The second-order valence-corrected chi connectivity index (χ2v) is 5.69. The first-order valence-corrected chi connectivity index (χ1v) is 8.00. The average Bonchev–Trinajstić information content (AvgIpc) is 2.54. The number of hydrogen-bond acceptors (Lipinski definition) is 3. The molecular weight excluding hydrogens is 276 g/mol. The van der Waals surface area contributed by atoms with E-state index < -0.39 is 6.10 Å². The van der Waals surface area contributed by atoms with Crippen LogP contribution < -0.4 is 4.74 Å². The molecule has 1 aliphatic rings. The van der Waals surface area contributed by atoms with Gasteiger partial charge in [0.2, 0.25) is 0 Å². The largest absolute Gasteiger partial charge is 0.480 e. The van der Waals surface area contributed by atoms with Gasteiger partial charge in [0.15, 0.2) is 6.10 Å². The fourth-order valence-corrected chi connectivity index (χ4v) is 2.69. The van der Waals surface area contributed by atoms with Crippen molar-refractivity contribution in [3.63, 3.8) is 0 Å². The Morgan fingerprint density at radius 1 is 1.32 bits per heavy atom. The van der Waals surface area contributed by atoms with Gasteiger partial charge in [0.1, 0.15) is 5.75 Å². The van der Waals surface area contributed by atoms with Gasteiger partial charge < -0.3 is 9.64 Å². The van der Waals surface area contributed by atoms with Crippen molar-refractivity contribution in [2.24, 2.45) is 0 Å². The summed E-state index contributed by atoms with van der Waals surface area (Å²) in [6.45, 7) is 12.0. The van der Waals surface area contributed by atoms with Gasteiger partial charge in [-0.3, -0.25) is 9.69 Å². The number of rotatable bonds is 6. The molecule has 1 saturated heterocycles. The van der Waals surface area contributed by atoms with Crippen LogP contribution in [-0.4, -0.2) is 54.5 Å². The predicted molar refractivity (Wildman–Crippen MR) is 89.1 cm³/mol. The van der Waals surface area contributed by atoms with Crippen LogP contribution in [0.4, 0.5) is 0 Å². The average molecular weight is 302 g/mol. The molecule has 1 aromatic carbocycles. The van der Waals surface area contributed by atoms with E-state index in [2.05, 4.69) is 11.5 Å². The van der Waals surface area contributed by atoms with Gasteiger partial charge in [-0.1, -0.05) is 31.2 Å². The summed E-state index contributed by atoms with van der Waals surface area (Å²) in [4.78, 5) is 16.9. The van der Waals surface area contributed by atoms with Crippen LogP contribution in [0.15, 0.2) is 36.9 Å². The zero-order valence-electron chi connectivity index (χ0n) is 13.6. The Morgan fingerprint density at radius 3 is 2.59 bits per heavy atom. The van der Waals surface area contributed by atoms with E-state index in [0.29, 0.717) is 6.42 Å². The fourth-order valence-electron chi connectivity index (χ4n) is 2.69. The summed E-state index contributed by atoms with van der Waals surface area (Å²) < 4.78 is 5.96. The number of para-hydroxylation sites is 1. The van der Waals surface area contributed by atoms with Gasteiger partial charge in [-0.2, -0.15) is 0 Å². The van der Waals surface area contributed by atoms with Gasteiger partial charge in [-0.15, -0.1) is 6.58 Å². The van der Waals surface area contributed by atoms with Crippen LogP contribution in [0.25, 0.3) is 0 Å². The first kappa shape index (κ1) is 16.6. The number of nitrogens with zero attached hydrogens (tertiary/aromatic N) is 2. The van der Waals surface area contributed by atoms with E-state index in [1.165, 1.54) is 0 Å². The molecule has 1 amide bonds. The Labute approximate surface area is 133 Å². The zero-order valence-corrected chi connectivity index (χ0v) is 13.6. The van der Waals surface area contributed by atoms with Crippen molar-refractivity contribution < 1.29 is 9.53 Å². The third-order valence-corrected chi connectivity index (χ3v) is 4.08. The highest BCUT2D eigenvalue weighted by molar-refractivity contribution is 5.81. The standard InChI is InChI=1S/C18H26N2O2/c1-4-10-19-11-13-20(14-12-19)18(21)16(5-2)22-17-9-7-6-8-15(17)3/h4,6-9,16H,1,5,10-14H2,2-3H3. The Balaban J connectivity index is 1.95. The van der Waals surface area contributed by atoms with E-state index in [4.69, 9.17) is 4.74 Å². The summed E-state index contributed by atoms with van der Waals surface area (Å²) in [5.41, 5.74) is 1.06. The molecule has 120 valence electrons. The molecule has 0 aliphatic carbocycles. The number of carbonyl (C=O) groups is 1. The molecule has 2 rings (SSSR count). The number of amides is 1. The molecule has 4 nitrogen and oxygen atoms in total. The van der Waals surface area contributed by atoms with Crippen molar-refractivity contribution in [1.82, 2.24) is 9.80 Å². The van der Waals surface area contributed by atoms with Crippen LogP contribution in [0.1, 0.15) is 18.9 Å². The number of benzene rings is 1. The maximum absolute atomic E-state index is 12.7. The summed E-state index contributed by atoms with van der Waals surface area (Å²) in [6, 6.07) is 7.84. The Bertz CT molecular complexity index is 508. The predicted octanol–water partition coefficient (Wildman–Crippen LogP) is 2.48. The summed E-state index contributed by atoms with van der Waals surface area (Å²) in [7, 11) is 0. The van der Waals surface area contributed by atoms with E-state index >= 15 is 0 Å². The number of piperazine rings is 1. The Kier molecular flexibility index (Phi) is 6.01. The normalized spacial score (nSPS) is 17.1. The second kappa shape index (κ2) is 7.99. The molecule has 1 heterocycles. The molecule has 0 spiro atoms. The van der Waals surface area contributed by atoms with Gasteiger partial charge in [-0.25, -0.2) is 0 Å². The van der Waals surface area contributed by atoms with Crippen LogP contribution in [0.5, 0.6) is 5.75 Å². The van der Waals surface area contributed by atoms with E-state index in [1.54, 1.807) is 0 Å². The highest BCUT2D eigenvalue weighted by Gasteiger charge is 2.27. The number of hydrogen-bond donors (Lipinski definition) is 0. The van der Waals surface area contributed by atoms with Gasteiger partial charge in [-0.05, 0) is 25.0 Å². The minimum atomic E-state index is -0.396.